The molecule has 1 fully saturated rings. The molecule has 4 atom stereocenters. The fourth-order valence-corrected chi connectivity index (χ4v) is 3.94. The number of hydrogen-bond acceptors (Lipinski definition) is 3. The number of carboxylic acid groups (broad SMARTS) is 1. The first-order valence-electron chi connectivity index (χ1n) is 6.52. The quantitative estimate of drug-likeness (QED) is 0.882. The van der Waals surface area contributed by atoms with Gasteiger partial charge in [-0.15, -0.1) is 11.3 Å². The predicted molar refractivity (Wildman–Crippen MR) is 71.7 cm³/mol. The van der Waals surface area contributed by atoms with Crippen LogP contribution in [0, 0.1) is 17.8 Å². The monoisotopic (exact) mass is 268 g/mol. The van der Waals surface area contributed by atoms with Gasteiger partial charge in [-0.2, -0.15) is 0 Å². The van der Waals surface area contributed by atoms with Crippen LogP contribution in [0.3, 0.4) is 0 Å². The van der Waals surface area contributed by atoms with Crippen LogP contribution in [0.4, 0.5) is 0 Å². The predicted octanol–water partition coefficient (Wildman–Crippen LogP) is 3.09. The van der Waals surface area contributed by atoms with Gasteiger partial charge in [0.1, 0.15) is 0 Å². The highest BCUT2D eigenvalue weighted by molar-refractivity contribution is 7.12. The third kappa shape index (κ3) is 2.59. The molecule has 3 nitrogen and oxygen atoms in total. The van der Waals surface area contributed by atoms with Crippen molar-refractivity contribution < 1.29 is 15.0 Å². The van der Waals surface area contributed by atoms with Crippen LogP contribution in [0.15, 0.2) is 12.1 Å². The molecule has 2 rings (SSSR count). The van der Waals surface area contributed by atoms with Crippen molar-refractivity contribution in [1.29, 1.82) is 0 Å². The van der Waals surface area contributed by atoms with Crippen molar-refractivity contribution in [2.75, 3.05) is 0 Å². The molecule has 0 radical (unpaired) electrons. The average molecular weight is 268 g/mol. The number of aliphatic hydroxyl groups excluding tert-OH is 1. The standard InChI is InChI=1S/C14H20O3S/c1-3-9-4-5-12(18-9)13(15)10-6-8(2)7-11(10)14(16)17/h4-5,8,10-11,13,15H,3,6-7H2,1-2H3,(H,16,17). The summed E-state index contributed by atoms with van der Waals surface area (Å²) in [6, 6.07) is 3.97. The lowest BCUT2D eigenvalue weighted by molar-refractivity contribution is -0.144. The Labute approximate surface area is 111 Å². The minimum absolute atomic E-state index is 0.138. The van der Waals surface area contributed by atoms with Crippen LogP contribution in [0.25, 0.3) is 0 Å². The van der Waals surface area contributed by atoms with Crippen molar-refractivity contribution in [1.82, 2.24) is 0 Å². The number of aliphatic carboxylic acids is 1. The SMILES string of the molecule is CCc1ccc(C(O)C2CC(C)CC2C(=O)O)s1. The number of carbonyl (C=O) groups is 1. The average Bonchev–Trinajstić information content (AvgIpc) is 2.94. The number of rotatable bonds is 4. The second kappa shape index (κ2) is 5.41. The molecule has 1 heterocycles. The van der Waals surface area contributed by atoms with E-state index in [4.69, 9.17) is 0 Å². The van der Waals surface area contributed by atoms with Gasteiger partial charge < -0.3 is 10.2 Å². The zero-order valence-corrected chi connectivity index (χ0v) is 11.6. The van der Waals surface area contributed by atoms with Gasteiger partial charge in [-0.25, -0.2) is 0 Å². The maximum Gasteiger partial charge on any atom is 0.306 e. The molecule has 0 amide bonds. The maximum atomic E-state index is 11.2. The fraction of sp³-hybridized carbons (Fsp3) is 0.643. The number of hydrogen-bond donors (Lipinski definition) is 2. The zero-order valence-electron chi connectivity index (χ0n) is 10.8. The minimum atomic E-state index is -0.768. The summed E-state index contributed by atoms with van der Waals surface area (Å²) in [5.41, 5.74) is 0. The molecule has 0 aliphatic heterocycles. The molecule has 0 saturated heterocycles. The first-order valence-corrected chi connectivity index (χ1v) is 7.34. The fourth-order valence-electron chi connectivity index (χ4n) is 2.92. The Bertz CT molecular complexity index is 426. The van der Waals surface area contributed by atoms with Crippen molar-refractivity contribution in [3.8, 4) is 0 Å². The van der Waals surface area contributed by atoms with Gasteiger partial charge in [-0.3, -0.25) is 4.79 Å². The summed E-state index contributed by atoms with van der Waals surface area (Å²) in [6.07, 6.45) is 1.82. The molecular formula is C14H20O3S. The van der Waals surface area contributed by atoms with E-state index in [9.17, 15) is 15.0 Å². The van der Waals surface area contributed by atoms with Crippen LogP contribution in [0.2, 0.25) is 0 Å². The largest absolute Gasteiger partial charge is 0.481 e. The first kappa shape index (κ1) is 13.6. The highest BCUT2D eigenvalue weighted by atomic mass is 32.1. The first-order chi connectivity index (χ1) is 8.52. The van der Waals surface area contributed by atoms with E-state index in [0.29, 0.717) is 12.3 Å². The maximum absolute atomic E-state index is 11.2. The molecule has 4 unspecified atom stereocenters. The van der Waals surface area contributed by atoms with Crippen LogP contribution < -0.4 is 0 Å². The van der Waals surface area contributed by atoms with Gasteiger partial charge in [0.2, 0.25) is 0 Å². The van der Waals surface area contributed by atoms with Crippen molar-refractivity contribution >= 4 is 17.3 Å². The summed E-state index contributed by atoms with van der Waals surface area (Å²) < 4.78 is 0. The second-order valence-electron chi connectivity index (χ2n) is 5.29. The molecule has 1 aromatic rings. The molecule has 0 spiro atoms. The number of aryl methyl sites for hydroxylation is 1. The van der Waals surface area contributed by atoms with Gasteiger partial charge >= 0.3 is 5.97 Å². The van der Waals surface area contributed by atoms with Crippen molar-refractivity contribution in [2.45, 2.75) is 39.2 Å². The van der Waals surface area contributed by atoms with Crippen LogP contribution in [-0.4, -0.2) is 16.2 Å². The Morgan fingerprint density at radius 3 is 2.78 bits per heavy atom. The van der Waals surface area contributed by atoms with E-state index < -0.39 is 18.0 Å². The smallest absolute Gasteiger partial charge is 0.306 e. The molecular weight excluding hydrogens is 248 g/mol. The summed E-state index contributed by atoms with van der Waals surface area (Å²) in [4.78, 5) is 13.4. The summed E-state index contributed by atoms with van der Waals surface area (Å²) in [5, 5.41) is 19.7. The second-order valence-corrected chi connectivity index (χ2v) is 6.49. The lowest BCUT2D eigenvalue weighted by Crippen LogP contribution is -2.23. The Kier molecular flexibility index (Phi) is 4.07. The molecule has 2 N–H and O–H groups in total. The van der Waals surface area contributed by atoms with Gasteiger partial charge in [0.15, 0.2) is 0 Å². The topological polar surface area (TPSA) is 57.5 Å². The highest BCUT2D eigenvalue weighted by Crippen LogP contribution is 2.44. The molecule has 4 heteroatoms. The van der Waals surface area contributed by atoms with Crippen LogP contribution in [-0.2, 0) is 11.2 Å². The molecule has 100 valence electrons. The van der Waals surface area contributed by atoms with Gasteiger partial charge in [-0.05, 0) is 37.3 Å². The number of carboxylic acids is 1. The molecule has 1 aromatic heterocycles. The molecule has 0 aromatic carbocycles. The number of thiophene rings is 1. The van der Waals surface area contributed by atoms with E-state index in [1.165, 1.54) is 4.88 Å². The molecule has 18 heavy (non-hydrogen) atoms. The van der Waals surface area contributed by atoms with Crippen molar-refractivity contribution in [3.63, 3.8) is 0 Å². The third-order valence-corrected chi connectivity index (χ3v) is 5.19. The summed E-state index contributed by atoms with van der Waals surface area (Å²) in [6.45, 7) is 4.15. The Morgan fingerprint density at radius 1 is 1.50 bits per heavy atom. The van der Waals surface area contributed by atoms with E-state index in [2.05, 4.69) is 13.8 Å². The van der Waals surface area contributed by atoms with Crippen molar-refractivity contribution in [2.24, 2.45) is 17.8 Å². The number of aliphatic hydroxyl groups is 1. The normalized spacial score (nSPS) is 29.4. The van der Waals surface area contributed by atoms with E-state index in [0.717, 1.165) is 17.7 Å². The molecule has 1 saturated carbocycles. The van der Waals surface area contributed by atoms with E-state index in [1.54, 1.807) is 11.3 Å². The van der Waals surface area contributed by atoms with E-state index >= 15 is 0 Å². The lowest BCUT2D eigenvalue weighted by atomic mass is 9.90. The van der Waals surface area contributed by atoms with E-state index in [1.807, 2.05) is 12.1 Å². The molecule has 0 bridgehead atoms. The lowest BCUT2D eigenvalue weighted by Gasteiger charge is -2.21. The minimum Gasteiger partial charge on any atom is -0.481 e. The van der Waals surface area contributed by atoms with Gasteiger partial charge in [-0.1, -0.05) is 13.8 Å². The summed E-state index contributed by atoms with van der Waals surface area (Å²) in [5.74, 6) is -0.921. The van der Waals surface area contributed by atoms with Gasteiger partial charge in [0.05, 0.1) is 12.0 Å². The van der Waals surface area contributed by atoms with Gasteiger partial charge in [0, 0.05) is 15.7 Å². The van der Waals surface area contributed by atoms with Crippen LogP contribution >= 0.6 is 11.3 Å². The summed E-state index contributed by atoms with van der Waals surface area (Å²) >= 11 is 1.60. The zero-order chi connectivity index (χ0) is 13.3. The molecule has 1 aliphatic carbocycles. The summed E-state index contributed by atoms with van der Waals surface area (Å²) in [7, 11) is 0. The van der Waals surface area contributed by atoms with Crippen LogP contribution in [0.1, 0.15) is 42.5 Å². The van der Waals surface area contributed by atoms with E-state index in [-0.39, 0.29) is 5.92 Å². The molecule has 1 aliphatic rings. The van der Waals surface area contributed by atoms with Gasteiger partial charge in [0.25, 0.3) is 0 Å². The van der Waals surface area contributed by atoms with Crippen molar-refractivity contribution in [3.05, 3.63) is 21.9 Å². The Balaban J connectivity index is 2.16. The Hall–Kier alpha value is -0.870. The Morgan fingerprint density at radius 2 is 2.22 bits per heavy atom. The third-order valence-electron chi connectivity index (χ3n) is 3.89. The van der Waals surface area contributed by atoms with Crippen LogP contribution in [0.5, 0.6) is 0 Å². The highest BCUT2D eigenvalue weighted by Gasteiger charge is 2.41.